The normalized spacial score (nSPS) is 11.0. The monoisotopic (exact) mass is 452 g/mol. The molecule has 4 rings (SSSR count). The van der Waals surface area contributed by atoms with E-state index in [0.717, 1.165) is 5.56 Å². The molecule has 0 radical (unpaired) electrons. The van der Waals surface area contributed by atoms with Gasteiger partial charge >= 0.3 is 0 Å². The van der Waals surface area contributed by atoms with Gasteiger partial charge in [0.25, 0.3) is 5.69 Å². The molecule has 0 aliphatic carbocycles. The fourth-order valence-electron chi connectivity index (χ4n) is 3.46. The molecule has 7 nitrogen and oxygen atoms in total. The highest BCUT2D eigenvalue weighted by Gasteiger charge is 2.19. The summed E-state index contributed by atoms with van der Waals surface area (Å²) in [6.07, 6.45) is 1.84. The van der Waals surface area contributed by atoms with Crippen LogP contribution in [-0.4, -0.2) is 20.2 Å². The number of rotatable bonds is 5. The third-order valence-corrected chi connectivity index (χ3v) is 5.38. The van der Waals surface area contributed by atoms with E-state index in [9.17, 15) is 19.3 Å². The van der Waals surface area contributed by atoms with E-state index in [2.05, 4.69) is 10.3 Å². The fourth-order valence-corrected chi connectivity index (χ4v) is 3.68. The molecule has 2 aromatic heterocycles. The number of halogens is 2. The number of anilines is 1. The SMILES string of the molecule is Cc1ccc2nc(-c3ccc(F)c(C)c3)c(CC(=O)Nc3ccc([N+](=O)[O-])cc3Cl)n2c1. The lowest BCUT2D eigenvalue weighted by atomic mass is 10.1. The number of imidazole rings is 1. The Balaban J connectivity index is 1.71. The van der Waals surface area contributed by atoms with Crippen LogP contribution in [0, 0.1) is 29.8 Å². The molecule has 0 bridgehead atoms. The summed E-state index contributed by atoms with van der Waals surface area (Å²) in [7, 11) is 0. The molecule has 0 unspecified atom stereocenters. The molecule has 2 heterocycles. The summed E-state index contributed by atoms with van der Waals surface area (Å²) in [6, 6.07) is 12.3. The minimum Gasteiger partial charge on any atom is -0.324 e. The Labute approximate surface area is 187 Å². The number of nitro benzene ring substituents is 1. The van der Waals surface area contributed by atoms with E-state index < -0.39 is 4.92 Å². The second-order valence-corrected chi connectivity index (χ2v) is 7.86. The van der Waals surface area contributed by atoms with Gasteiger partial charge in [0.2, 0.25) is 5.91 Å². The smallest absolute Gasteiger partial charge is 0.271 e. The first-order valence-electron chi connectivity index (χ1n) is 9.71. The number of aromatic nitrogens is 2. The number of hydrogen-bond donors (Lipinski definition) is 1. The van der Waals surface area contributed by atoms with E-state index in [4.69, 9.17) is 11.6 Å². The van der Waals surface area contributed by atoms with Crippen molar-refractivity contribution in [2.45, 2.75) is 20.3 Å². The Kier molecular flexibility index (Phi) is 5.63. The van der Waals surface area contributed by atoms with Crippen molar-refractivity contribution in [3.63, 3.8) is 0 Å². The van der Waals surface area contributed by atoms with Crippen molar-refractivity contribution in [2.24, 2.45) is 0 Å². The van der Waals surface area contributed by atoms with Gasteiger partial charge in [-0.25, -0.2) is 9.37 Å². The van der Waals surface area contributed by atoms with Crippen molar-refractivity contribution in [2.75, 3.05) is 5.32 Å². The molecule has 0 saturated heterocycles. The van der Waals surface area contributed by atoms with Gasteiger partial charge in [-0.3, -0.25) is 14.9 Å². The average Bonchev–Trinajstić information content (AvgIpc) is 3.09. The summed E-state index contributed by atoms with van der Waals surface area (Å²) < 4.78 is 15.6. The lowest BCUT2D eigenvalue weighted by Crippen LogP contribution is -2.16. The van der Waals surface area contributed by atoms with Gasteiger partial charge in [0.1, 0.15) is 11.5 Å². The van der Waals surface area contributed by atoms with Crippen molar-refractivity contribution in [3.05, 3.63) is 92.5 Å². The number of amides is 1. The molecule has 4 aromatic rings. The number of nitro groups is 1. The number of hydrogen-bond acceptors (Lipinski definition) is 4. The highest BCUT2D eigenvalue weighted by Crippen LogP contribution is 2.29. The Hall–Kier alpha value is -3.78. The number of fused-ring (bicyclic) bond motifs is 1. The van der Waals surface area contributed by atoms with Crippen molar-refractivity contribution >= 4 is 34.5 Å². The Morgan fingerprint density at radius 1 is 1.19 bits per heavy atom. The highest BCUT2D eigenvalue weighted by atomic mass is 35.5. The predicted octanol–water partition coefficient (Wildman–Crippen LogP) is 5.50. The standard InChI is InChI=1S/C23H18ClFN4O3/c1-13-3-8-21-27-23(15-4-6-18(25)14(2)9-15)20(28(21)12-13)11-22(30)26-19-7-5-16(29(31)32)10-17(19)24/h3-10,12H,11H2,1-2H3,(H,26,30). The van der Waals surface area contributed by atoms with Crippen LogP contribution in [0.3, 0.4) is 0 Å². The van der Waals surface area contributed by atoms with E-state index in [1.54, 1.807) is 19.1 Å². The average molecular weight is 453 g/mol. The molecule has 2 aromatic carbocycles. The number of carbonyl (C=O) groups is 1. The maximum Gasteiger partial charge on any atom is 0.271 e. The third-order valence-electron chi connectivity index (χ3n) is 5.06. The number of non-ortho nitro benzene ring substituents is 1. The molecular formula is C23H18ClFN4O3. The molecule has 162 valence electrons. The van der Waals surface area contributed by atoms with Crippen molar-refractivity contribution in [3.8, 4) is 11.3 Å². The number of nitrogens with zero attached hydrogens (tertiary/aromatic N) is 3. The first-order valence-corrected chi connectivity index (χ1v) is 10.1. The van der Waals surface area contributed by atoms with Gasteiger partial charge in [0, 0.05) is 23.9 Å². The Morgan fingerprint density at radius 3 is 2.66 bits per heavy atom. The molecule has 0 spiro atoms. The minimum absolute atomic E-state index is 0.0380. The highest BCUT2D eigenvalue weighted by molar-refractivity contribution is 6.34. The van der Waals surface area contributed by atoms with Gasteiger partial charge in [-0.1, -0.05) is 17.7 Å². The second-order valence-electron chi connectivity index (χ2n) is 7.45. The zero-order valence-corrected chi connectivity index (χ0v) is 18.0. The zero-order valence-electron chi connectivity index (χ0n) is 17.2. The minimum atomic E-state index is -0.560. The van der Waals surface area contributed by atoms with Gasteiger partial charge in [-0.05, 0) is 55.3 Å². The molecule has 0 aliphatic heterocycles. The lowest BCUT2D eigenvalue weighted by Gasteiger charge is -2.09. The summed E-state index contributed by atoms with van der Waals surface area (Å²) >= 11 is 6.10. The predicted molar refractivity (Wildman–Crippen MR) is 121 cm³/mol. The van der Waals surface area contributed by atoms with E-state index in [1.807, 2.05) is 29.7 Å². The molecule has 32 heavy (non-hydrogen) atoms. The van der Waals surface area contributed by atoms with Crippen LogP contribution in [0.15, 0.2) is 54.7 Å². The van der Waals surface area contributed by atoms with E-state index in [1.165, 1.54) is 24.3 Å². The largest absolute Gasteiger partial charge is 0.324 e. The molecule has 0 saturated carbocycles. The zero-order chi connectivity index (χ0) is 23.0. The number of aryl methyl sites for hydroxylation is 2. The van der Waals surface area contributed by atoms with Crippen LogP contribution >= 0.6 is 11.6 Å². The maximum absolute atomic E-state index is 13.8. The quantitative estimate of drug-likeness (QED) is 0.320. The van der Waals surface area contributed by atoms with Crippen LogP contribution in [0.5, 0.6) is 0 Å². The summed E-state index contributed by atoms with van der Waals surface area (Å²) in [4.78, 5) is 27.9. The number of benzene rings is 2. The summed E-state index contributed by atoms with van der Waals surface area (Å²) in [5, 5.41) is 13.7. The Morgan fingerprint density at radius 2 is 1.97 bits per heavy atom. The summed E-state index contributed by atoms with van der Waals surface area (Å²) in [5.74, 6) is -0.690. The first-order chi connectivity index (χ1) is 15.2. The fraction of sp³-hybridized carbons (Fsp3) is 0.130. The van der Waals surface area contributed by atoms with Crippen LogP contribution in [0.1, 0.15) is 16.8 Å². The third kappa shape index (κ3) is 4.17. The topological polar surface area (TPSA) is 89.5 Å². The maximum atomic E-state index is 13.8. The van der Waals surface area contributed by atoms with E-state index >= 15 is 0 Å². The Bertz CT molecular complexity index is 1380. The second kappa shape index (κ2) is 8.39. The molecule has 0 aliphatic rings. The van der Waals surface area contributed by atoms with Gasteiger partial charge in [0.15, 0.2) is 0 Å². The van der Waals surface area contributed by atoms with Gasteiger partial charge < -0.3 is 9.72 Å². The molecule has 0 fully saturated rings. The number of pyridine rings is 1. The molecule has 0 atom stereocenters. The number of carbonyl (C=O) groups excluding carboxylic acids is 1. The first kappa shape index (κ1) is 21.5. The van der Waals surface area contributed by atoms with E-state index in [-0.39, 0.29) is 34.5 Å². The molecule has 9 heteroatoms. The van der Waals surface area contributed by atoms with Crippen LogP contribution in [0.2, 0.25) is 5.02 Å². The van der Waals surface area contributed by atoms with Crippen LogP contribution < -0.4 is 5.32 Å². The van der Waals surface area contributed by atoms with Gasteiger partial charge in [-0.15, -0.1) is 0 Å². The number of nitrogens with one attached hydrogen (secondary N) is 1. The van der Waals surface area contributed by atoms with Crippen LogP contribution in [0.4, 0.5) is 15.8 Å². The van der Waals surface area contributed by atoms with E-state index in [0.29, 0.717) is 28.2 Å². The van der Waals surface area contributed by atoms with Gasteiger partial charge in [-0.2, -0.15) is 0 Å². The van der Waals surface area contributed by atoms with Crippen molar-refractivity contribution in [1.29, 1.82) is 0 Å². The van der Waals surface area contributed by atoms with Crippen LogP contribution in [-0.2, 0) is 11.2 Å². The molecule has 1 N–H and O–H groups in total. The summed E-state index contributed by atoms with van der Waals surface area (Å²) in [5.41, 5.74) is 4.12. The molecular weight excluding hydrogens is 435 g/mol. The summed E-state index contributed by atoms with van der Waals surface area (Å²) in [6.45, 7) is 3.60. The van der Waals surface area contributed by atoms with Gasteiger partial charge in [0.05, 0.1) is 33.4 Å². The van der Waals surface area contributed by atoms with Crippen molar-refractivity contribution < 1.29 is 14.1 Å². The van der Waals surface area contributed by atoms with Crippen molar-refractivity contribution in [1.82, 2.24) is 9.38 Å². The molecule has 1 amide bonds. The van der Waals surface area contributed by atoms with Crippen LogP contribution in [0.25, 0.3) is 16.9 Å². The lowest BCUT2D eigenvalue weighted by molar-refractivity contribution is -0.384.